The Morgan fingerprint density at radius 2 is 1.75 bits per heavy atom. The number of rotatable bonds is 3. The molecule has 20 heavy (non-hydrogen) atoms. The van der Waals surface area contributed by atoms with Crippen molar-refractivity contribution >= 4 is 45.1 Å². The second kappa shape index (κ2) is 6.07. The highest BCUT2D eigenvalue weighted by Gasteiger charge is 2.11. The van der Waals surface area contributed by atoms with Crippen LogP contribution >= 0.6 is 27.5 Å². The molecule has 0 fully saturated rings. The monoisotopic (exact) mass is 353 g/mol. The average Bonchev–Trinajstić information content (AvgIpc) is 2.39. The second-order valence-electron chi connectivity index (χ2n) is 3.96. The summed E-state index contributed by atoms with van der Waals surface area (Å²) in [4.78, 5) is 22.8. The number of carbonyl (C=O) groups is 2. The molecule has 2 rings (SSSR count). The SMILES string of the molecule is O=C(O)c1ccc(NC(=O)c2ccc(Br)cc2Cl)cc1. The summed E-state index contributed by atoms with van der Waals surface area (Å²) < 4.78 is 0.782. The lowest BCUT2D eigenvalue weighted by Gasteiger charge is -2.07. The maximum Gasteiger partial charge on any atom is 0.335 e. The van der Waals surface area contributed by atoms with Gasteiger partial charge in [-0.3, -0.25) is 4.79 Å². The van der Waals surface area contributed by atoms with Crippen LogP contribution in [-0.4, -0.2) is 17.0 Å². The van der Waals surface area contributed by atoms with Gasteiger partial charge in [0.15, 0.2) is 0 Å². The van der Waals surface area contributed by atoms with E-state index >= 15 is 0 Å². The van der Waals surface area contributed by atoms with E-state index in [0.29, 0.717) is 16.3 Å². The van der Waals surface area contributed by atoms with Crippen LogP contribution in [0.4, 0.5) is 5.69 Å². The van der Waals surface area contributed by atoms with Crippen molar-refractivity contribution in [1.29, 1.82) is 0 Å². The standard InChI is InChI=1S/C14H9BrClNO3/c15-9-3-6-11(12(16)7-9)13(18)17-10-4-1-8(2-5-10)14(19)20/h1-7H,(H,17,18)(H,19,20). The topological polar surface area (TPSA) is 66.4 Å². The summed E-state index contributed by atoms with van der Waals surface area (Å²) in [6, 6.07) is 10.8. The van der Waals surface area contributed by atoms with E-state index in [1.807, 2.05) is 0 Å². The number of amides is 1. The van der Waals surface area contributed by atoms with Gasteiger partial charge < -0.3 is 10.4 Å². The first-order chi connectivity index (χ1) is 9.47. The maximum atomic E-state index is 12.0. The van der Waals surface area contributed by atoms with Crippen LogP contribution < -0.4 is 5.32 Å². The van der Waals surface area contributed by atoms with E-state index in [1.54, 1.807) is 18.2 Å². The number of hydrogen-bond acceptors (Lipinski definition) is 2. The summed E-state index contributed by atoms with van der Waals surface area (Å²) in [5.41, 5.74) is 1.00. The quantitative estimate of drug-likeness (QED) is 0.874. The molecule has 0 aliphatic rings. The first-order valence-corrected chi connectivity index (χ1v) is 6.74. The van der Waals surface area contributed by atoms with Gasteiger partial charge in [0.2, 0.25) is 0 Å². The van der Waals surface area contributed by atoms with Crippen LogP contribution in [0, 0.1) is 0 Å². The van der Waals surface area contributed by atoms with Crippen molar-refractivity contribution in [1.82, 2.24) is 0 Å². The Kier molecular flexibility index (Phi) is 4.42. The number of hydrogen-bond donors (Lipinski definition) is 2. The molecule has 0 heterocycles. The summed E-state index contributed by atoms with van der Waals surface area (Å²) in [7, 11) is 0. The van der Waals surface area contributed by atoms with Crippen molar-refractivity contribution in [2.24, 2.45) is 0 Å². The van der Waals surface area contributed by atoms with E-state index < -0.39 is 5.97 Å². The number of halogens is 2. The summed E-state index contributed by atoms with van der Waals surface area (Å²) in [5.74, 6) is -1.37. The van der Waals surface area contributed by atoms with Crippen LogP contribution in [0.2, 0.25) is 5.02 Å². The highest BCUT2D eigenvalue weighted by atomic mass is 79.9. The summed E-state index contributed by atoms with van der Waals surface area (Å²) in [6.07, 6.45) is 0. The molecule has 0 bridgehead atoms. The van der Waals surface area contributed by atoms with E-state index in [2.05, 4.69) is 21.2 Å². The molecule has 6 heteroatoms. The number of carboxylic acid groups (broad SMARTS) is 1. The van der Waals surface area contributed by atoms with E-state index in [0.717, 1.165) is 4.47 Å². The molecule has 1 amide bonds. The molecule has 4 nitrogen and oxygen atoms in total. The molecule has 0 aliphatic heterocycles. The molecule has 0 saturated heterocycles. The Balaban J connectivity index is 2.17. The van der Waals surface area contributed by atoms with Gasteiger partial charge in [-0.1, -0.05) is 27.5 Å². The summed E-state index contributed by atoms with van der Waals surface area (Å²) in [5, 5.41) is 11.8. The zero-order chi connectivity index (χ0) is 14.7. The number of aromatic carboxylic acids is 1. The minimum Gasteiger partial charge on any atom is -0.478 e. The van der Waals surface area contributed by atoms with Crippen molar-refractivity contribution in [3.8, 4) is 0 Å². The molecule has 0 spiro atoms. The first kappa shape index (κ1) is 14.6. The number of nitrogens with one attached hydrogen (secondary N) is 1. The zero-order valence-corrected chi connectivity index (χ0v) is 12.4. The third-order valence-corrected chi connectivity index (χ3v) is 3.37. The molecule has 0 atom stereocenters. The van der Waals surface area contributed by atoms with Crippen LogP contribution in [0.25, 0.3) is 0 Å². The molecule has 2 aromatic rings. The van der Waals surface area contributed by atoms with Gasteiger partial charge in [-0.05, 0) is 42.5 Å². The van der Waals surface area contributed by atoms with Gasteiger partial charge in [-0.25, -0.2) is 4.79 Å². The Bertz CT molecular complexity index is 671. The fourth-order valence-electron chi connectivity index (χ4n) is 1.57. The lowest BCUT2D eigenvalue weighted by atomic mass is 10.2. The van der Waals surface area contributed by atoms with Crippen molar-refractivity contribution in [2.75, 3.05) is 5.32 Å². The fourth-order valence-corrected chi connectivity index (χ4v) is 2.33. The van der Waals surface area contributed by atoms with Crippen LogP contribution in [0.15, 0.2) is 46.9 Å². The van der Waals surface area contributed by atoms with Gasteiger partial charge in [0.1, 0.15) is 0 Å². The Morgan fingerprint density at radius 1 is 1.10 bits per heavy atom. The molecule has 0 aromatic heterocycles. The Hall–Kier alpha value is -1.85. The Labute approximate surface area is 128 Å². The normalized spacial score (nSPS) is 10.1. The summed E-state index contributed by atoms with van der Waals surface area (Å²) >= 11 is 9.25. The van der Waals surface area contributed by atoms with E-state index in [1.165, 1.54) is 24.3 Å². The second-order valence-corrected chi connectivity index (χ2v) is 5.28. The van der Waals surface area contributed by atoms with Gasteiger partial charge in [0.05, 0.1) is 16.1 Å². The van der Waals surface area contributed by atoms with Crippen LogP contribution in [-0.2, 0) is 0 Å². The molecule has 102 valence electrons. The number of carbonyl (C=O) groups excluding carboxylic acids is 1. The lowest BCUT2D eigenvalue weighted by Crippen LogP contribution is -2.12. The van der Waals surface area contributed by atoms with Crippen molar-refractivity contribution in [2.45, 2.75) is 0 Å². The minimum absolute atomic E-state index is 0.157. The van der Waals surface area contributed by atoms with E-state index in [-0.39, 0.29) is 11.5 Å². The smallest absolute Gasteiger partial charge is 0.335 e. The van der Waals surface area contributed by atoms with Crippen LogP contribution in [0.3, 0.4) is 0 Å². The summed E-state index contributed by atoms with van der Waals surface area (Å²) in [6.45, 7) is 0. The van der Waals surface area contributed by atoms with Crippen molar-refractivity contribution in [3.05, 3.63) is 63.1 Å². The molecule has 0 radical (unpaired) electrons. The molecule has 2 N–H and O–H groups in total. The maximum absolute atomic E-state index is 12.0. The van der Waals surface area contributed by atoms with Crippen LogP contribution in [0.5, 0.6) is 0 Å². The zero-order valence-electron chi connectivity index (χ0n) is 10.1. The van der Waals surface area contributed by atoms with E-state index in [4.69, 9.17) is 16.7 Å². The lowest BCUT2D eigenvalue weighted by molar-refractivity contribution is 0.0696. The highest BCUT2D eigenvalue weighted by Crippen LogP contribution is 2.22. The molecule has 2 aromatic carbocycles. The third kappa shape index (κ3) is 3.37. The molecule has 0 saturated carbocycles. The van der Waals surface area contributed by atoms with E-state index in [9.17, 15) is 9.59 Å². The molecule has 0 unspecified atom stereocenters. The van der Waals surface area contributed by atoms with Crippen molar-refractivity contribution in [3.63, 3.8) is 0 Å². The minimum atomic E-state index is -1.01. The van der Waals surface area contributed by atoms with Crippen molar-refractivity contribution < 1.29 is 14.7 Å². The highest BCUT2D eigenvalue weighted by molar-refractivity contribution is 9.10. The van der Waals surface area contributed by atoms with Gasteiger partial charge in [-0.15, -0.1) is 0 Å². The first-order valence-electron chi connectivity index (χ1n) is 5.57. The number of anilines is 1. The third-order valence-electron chi connectivity index (χ3n) is 2.57. The predicted molar refractivity (Wildman–Crippen MR) is 80.5 cm³/mol. The number of benzene rings is 2. The number of carboxylic acids is 1. The van der Waals surface area contributed by atoms with Gasteiger partial charge in [0.25, 0.3) is 5.91 Å². The Morgan fingerprint density at radius 3 is 2.30 bits per heavy atom. The average molecular weight is 355 g/mol. The molecular weight excluding hydrogens is 346 g/mol. The predicted octanol–water partition coefficient (Wildman–Crippen LogP) is 4.05. The van der Waals surface area contributed by atoms with Gasteiger partial charge in [0, 0.05) is 10.2 Å². The fraction of sp³-hybridized carbons (Fsp3) is 0. The largest absolute Gasteiger partial charge is 0.478 e. The molecular formula is C14H9BrClNO3. The molecule has 0 aliphatic carbocycles. The van der Waals surface area contributed by atoms with Gasteiger partial charge >= 0.3 is 5.97 Å². The van der Waals surface area contributed by atoms with Crippen LogP contribution in [0.1, 0.15) is 20.7 Å². The van der Waals surface area contributed by atoms with Gasteiger partial charge in [-0.2, -0.15) is 0 Å².